The Labute approximate surface area is 164 Å². The lowest BCUT2D eigenvalue weighted by Crippen LogP contribution is -2.30. The Morgan fingerprint density at radius 1 is 1.14 bits per heavy atom. The van der Waals surface area contributed by atoms with Gasteiger partial charge in [-0.1, -0.05) is 5.16 Å². The fraction of sp³-hybridized carbons (Fsp3) is 0.143. The second-order valence-electron chi connectivity index (χ2n) is 6.55. The third-order valence-electron chi connectivity index (χ3n) is 4.48. The van der Waals surface area contributed by atoms with Gasteiger partial charge in [-0.2, -0.15) is 5.10 Å². The van der Waals surface area contributed by atoms with Gasteiger partial charge in [-0.3, -0.25) is 9.59 Å². The summed E-state index contributed by atoms with van der Waals surface area (Å²) in [5, 5.41) is 8.24. The first-order chi connectivity index (χ1) is 13.9. The second-order valence-corrected chi connectivity index (χ2v) is 6.55. The molecule has 7 nitrogen and oxygen atoms in total. The zero-order valence-electron chi connectivity index (χ0n) is 15.6. The van der Waals surface area contributed by atoms with E-state index in [0.29, 0.717) is 28.5 Å². The maximum Gasteiger partial charge on any atom is 0.268 e. The highest BCUT2D eigenvalue weighted by Gasteiger charge is 2.24. The number of nitrogens with zero attached hydrogens (tertiary/aromatic N) is 3. The van der Waals surface area contributed by atoms with Crippen LogP contribution < -0.4 is 5.56 Å². The maximum atomic E-state index is 13.2. The van der Waals surface area contributed by atoms with Crippen molar-refractivity contribution < 1.29 is 18.1 Å². The van der Waals surface area contributed by atoms with Crippen LogP contribution in [0.3, 0.4) is 0 Å². The molecule has 4 aromatic rings. The summed E-state index contributed by atoms with van der Waals surface area (Å²) in [6.07, 6.45) is 1.48. The quantitative estimate of drug-likeness (QED) is 0.475. The monoisotopic (exact) mass is 393 g/mol. The SMILES string of the molecule is Cc1cc(-c2cc(=O)n(C(C)C(=O)c3ccc(F)cc3)nc2-c2ccco2)on1. The molecule has 0 amide bonds. The van der Waals surface area contributed by atoms with Crippen molar-refractivity contribution in [3.8, 4) is 22.8 Å². The molecule has 0 aliphatic carbocycles. The minimum absolute atomic E-state index is 0.280. The van der Waals surface area contributed by atoms with Crippen molar-refractivity contribution in [2.24, 2.45) is 0 Å². The fourth-order valence-electron chi connectivity index (χ4n) is 2.99. The predicted octanol–water partition coefficient (Wildman–Crippen LogP) is 4.05. The average Bonchev–Trinajstić information content (AvgIpc) is 3.39. The molecule has 1 aromatic carbocycles. The second kappa shape index (κ2) is 7.31. The van der Waals surface area contributed by atoms with Crippen LogP contribution in [0, 0.1) is 12.7 Å². The molecule has 3 heterocycles. The van der Waals surface area contributed by atoms with Crippen LogP contribution in [0.4, 0.5) is 4.39 Å². The number of rotatable bonds is 5. The van der Waals surface area contributed by atoms with Crippen molar-refractivity contribution in [2.75, 3.05) is 0 Å². The van der Waals surface area contributed by atoms with Crippen LogP contribution in [-0.4, -0.2) is 20.7 Å². The number of aryl methyl sites for hydroxylation is 1. The molecule has 0 aliphatic heterocycles. The van der Waals surface area contributed by atoms with Gasteiger partial charge in [0.1, 0.15) is 17.6 Å². The number of ketones is 1. The number of hydrogen-bond donors (Lipinski definition) is 0. The molecule has 1 unspecified atom stereocenters. The van der Waals surface area contributed by atoms with E-state index in [1.807, 2.05) is 0 Å². The molecule has 0 saturated carbocycles. The molecular formula is C21H16FN3O4. The van der Waals surface area contributed by atoms with Gasteiger partial charge in [-0.05, 0) is 50.2 Å². The number of carbonyl (C=O) groups excluding carboxylic acids is 1. The summed E-state index contributed by atoms with van der Waals surface area (Å²) in [5.41, 5.74) is 1.18. The molecule has 0 spiro atoms. The summed E-state index contributed by atoms with van der Waals surface area (Å²) in [7, 11) is 0. The summed E-state index contributed by atoms with van der Waals surface area (Å²) in [5.74, 6) is -0.0445. The molecule has 8 heteroatoms. The fourth-order valence-corrected chi connectivity index (χ4v) is 2.99. The van der Waals surface area contributed by atoms with Crippen molar-refractivity contribution in [3.05, 3.63) is 82.2 Å². The topological polar surface area (TPSA) is 91.1 Å². The Morgan fingerprint density at radius 3 is 2.52 bits per heavy atom. The molecule has 0 aliphatic rings. The van der Waals surface area contributed by atoms with E-state index in [2.05, 4.69) is 10.3 Å². The van der Waals surface area contributed by atoms with Crippen LogP contribution in [0.5, 0.6) is 0 Å². The number of benzene rings is 1. The molecule has 0 radical (unpaired) electrons. The largest absolute Gasteiger partial charge is 0.463 e. The summed E-state index contributed by atoms with van der Waals surface area (Å²) in [4.78, 5) is 25.6. The summed E-state index contributed by atoms with van der Waals surface area (Å²) >= 11 is 0. The number of carbonyl (C=O) groups is 1. The van der Waals surface area contributed by atoms with Gasteiger partial charge in [0, 0.05) is 17.7 Å². The van der Waals surface area contributed by atoms with E-state index >= 15 is 0 Å². The number of furan rings is 1. The van der Waals surface area contributed by atoms with E-state index in [9.17, 15) is 14.0 Å². The molecule has 146 valence electrons. The first-order valence-corrected chi connectivity index (χ1v) is 8.85. The zero-order chi connectivity index (χ0) is 20.5. The van der Waals surface area contributed by atoms with Gasteiger partial charge < -0.3 is 8.94 Å². The third kappa shape index (κ3) is 3.52. The van der Waals surface area contributed by atoms with Crippen LogP contribution in [0.15, 0.2) is 68.5 Å². The van der Waals surface area contributed by atoms with E-state index in [1.165, 1.54) is 36.6 Å². The van der Waals surface area contributed by atoms with Crippen LogP contribution in [0.25, 0.3) is 22.8 Å². The van der Waals surface area contributed by atoms with Crippen molar-refractivity contribution in [1.82, 2.24) is 14.9 Å². The van der Waals surface area contributed by atoms with Crippen molar-refractivity contribution >= 4 is 5.78 Å². The highest BCUT2D eigenvalue weighted by Crippen LogP contribution is 2.30. The molecule has 4 rings (SSSR count). The van der Waals surface area contributed by atoms with Gasteiger partial charge in [0.05, 0.1) is 17.5 Å². The number of halogens is 1. The summed E-state index contributed by atoms with van der Waals surface area (Å²) in [6, 6.07) is 10.6. The van der Waals surface area contributed by atoms with Crippen LogP contribution in [0.2, 0.25) is 0 Å². The Hall–Kier alpha value is -3.81. The standard InChI is InChI=1S/C21H16FN3O4/c1-12-10-18(29-24-12)16-11-19(26)25(23-20(16)17-4-3-9-28-17)13(2)21(27)14-5-7-15(22)8-6-14/h3-11,13H,1-2H3. The van der Waals surface area contributed by atoms with Crippen LogP contribution >= 0.6 is 0 Å². The van der Waals surface area contributed by atoms with Crippen LogP contribution in [0.1, 0.15) is 29.0 Å². The Morgan fingerprint density at radius 2 is 1.90 bits per heavy atom. The highest BCUT2D eigenvalue weighted by molar-refractivity contribution is 5.98. The highest BCUT2D eigenvalue weighted by atomic mass is 19.1. The van der Waals surface area contributed by atoms with Gasteiger partial charge in [-0.25, -0.2) is 9.07 Å². The minimum atomic E-state index is -0.910. The van der Waals surface area contributed by atoms with E-state index in [0.717, 1.165) is 4.68 Å². The zero-order valence-corrected chi connectivity index (χ0v) is 15.6. The number of hydrogen-bond acceptors (Lipinski definition) is 6. The lowest BCUT2D eigenvalue weighted by atomic mass is 10.1. The maximum absolute atomic E-state index is 13.2. The van der Waals surface area contributed by atoms with E-state index in [1.54, 1.807) is 32.0 Å². The molecule has 29 heavy (non-hydrogen) atoms. The molecule has 0 N–H and O–H groups in total. The van der Waals surface area contributed by atoms with E-state index < -0.39 is 17.4 Å². The lowest BCUT2D eigenvalue weighted by molar-refractivity contribution is 0.0925. The minimum Gasteiger partial charge on any atom is -0.463 e. The lowest BCUT2D eigenvalue weighted by Gasteiger charge is -2.15. The van der Waals surface area contributed by atoms with Gasteiger partial charge >= 0.3 is 0 Å². The first kappa shape index (κ1) is 18.5. The van der Waals surface area contributed by atoms with Crippen molar-refractivity contribution in [3.63, 3.8) is 0 Å². The molecule has 1 atom stereocenters. The summed E-state index contributed by atoms with van der Waals surface area (Å²) in [6.45, 7) is 3.32. The average molecular weight is 393 g/mol. The molecule has 0 bridgehead atoms. The third-order valence-corrected chi connectivity index (χ3v) is 4.48. The van der Waals surface area contributed by atoms with Crippen molar-refractivity contribution in [1.29, 1.82) is 0 Å². The molecule has 3 aromatic heterocycles. The van der Waals surface area contributed by atoms with Crippen LogP contribution in [-0.2, 0) is 0 Å². The Balaban J connectivity index is 1.82. The van der Waals surface area contributed by atoms with Gasteiger partial charge in [-0.15, -0.1) is 0 Å². The normalized spacial score (nSPS) is 12.1. The molecular weight excluding hydrogens is 377 g/mol. The first-order valence-electron chi connectivity index (χ1n) is 8.85. The molecule has 0 saturated heterocycles. The molecule has 0 fully saturated rings. The van der Waals surface area contributed by atoms with E-state index in [4.69, 9.17) is 8.94 Å². The van der Waals surface area contributed by atoms with Gasteiger partial charge in [0.15, 0.2) is 17.3 Å². The Kier molecular flexibility index (Phi) is 4.67. The van der Waals surface area contributed by atoms with Crippen molar-refractivity contribution in [2.45, 2.75) is 19.9 Å². The smallest absolute Gasteiger partial charge is 0.268 e. The predicted molar refractivity (Wildman–Crippen MR) is 102 cm³/mol. The van der Waals surface area contributed by atoms with Gasteiger partial charge in [0.2, 0.25) is 0 Å². The summed E-state index contributed by atoms with van der Waals surface area (Å²) < 4.78 is 25.0. The van der Waals surface area contributed by atoms with Gasteiger partial charge in [0.25, 0.3) is 5.56 Å². The number of aromatic nitrogens is 3. The Bertz CT molecular complexity index is 1220. The number of Topliss-reactive ketones (excluding diaryl/α,β-unsaturated/α-hetero) is 1. The van der Waals surface area contributed by atoms with E-state index in [-0.39, 0.29) is 11.3 Å².